The van der Waals surface area contributed by atoms with Gasteiger partial charge in [0.05, 0.1) is 53.0 Å². The second-order valence-electron chi connectivity index (χ2n) is 19.6. The van der Waals surface area contributed by atoms with Crippen molar-refractivity contribution in [2.24, 2.45) is 17.8 Å². The highest BCUT2D eigenvalue weighted by molar-refractivity contribution is 7.15. The molecule has 10 bridgehead atoms. The number of rotatable bonds is 11. The largest absolute Gasteiger partial charge is 0.481 e. The molecule has 424 valence electrons. The number of carboxylic acids is 1. The summed E-state index contributed by atoms with van der Waals surface area (Å²) in [6, 6.07) is 10.2. The van der Waals surface area contributed by atoms with E-state index in [2.05, 4.69) is 31.6 Å². The molecule has 82 heavy (non-hydrogen) atoms. The van der Waals surface area contributed by atoms with Gasteiger partial charge in [0.2, 0.25) is 17.7 Å². The Morgan fingerprint density at radius 3 is 2.17 bits per heavy atom. The molecule has 1 fully saturated rings. The fourth-order valence-corrected chi connectivity index (χ4v) is 14.8. The predicted molar refractivity (Wildman–Crippen MR) is 311 cm³/mol. The van der Waals surface area contributed by atoms with Crippen LogP contribution in [0, 0.1) is 24.7 Å². The SMILES string of the molecule is CNC(=O)C[C@@H]1NC(=O)c2csc(n2)-c2ccc(-c3nc(NC(=O)C4CC[C@H]4C(=O)O)cs3)nc2-c2csc(n2)-c2csc(n2)[C@H]([C@@H](O)c2ccccc2)NC(=O)CNC(=O)c2nc(sc2COC)[C@@H](C(C)C)CC(=O)c2nc1sc2C. The zero-order valence-corrected chi connectivity index (χ0v) is 49.3. The number of nitrogens with one attached hydrogen (secondary N) is 5. The van der Waals surface area contributed by atoms with E-state index < -0.39 is 72.1 Å². The van der Waals surface area contributed by atoms with Crippen LogP contribution < -0.4 is 26.6 Å². The molecule has 1 aliphatic carbocycles. The quantitative estimate of drug-likeness (QED) is 0.0641. The number of carboxylic acid groups (broad SMARTS) is 1. The van der Waals surface area contributed by atoms with Crippen molar-refractivity contribution >= 4 is 115 Å². The Morgan fingerprint density at radius 2 is 1.44 bits per heavy atom. The highest BCUT2D eigenvalue weighted by atomic mass is 32.1. The molecule has 7 aromatic heterocycles. The normalized spacial score (nSPS) is 19.1. The number of aromatic nitrogens is 7. The number of thiazole rings is 6. The molecule has 6 atom stereocenters. The zero-order valence-electron chi connectivity index (χ0n) is 44.4. The van der Waals surface area contributed by atoms with Gasteiger partial charge in [-0.05, 0) is 43.4 Å². The van der Waals surface area contributed by atoms with Crippen molar-refractivity contribution in [1.29, 1.82) is 0 Å². The van der Waals surface area contributed by atoms with Gasteiger partial charge in [-0.3, -0.25) is 33.6 Å². The van der Waals surface area contributed by atoms with Crippen molar-refractivity contribution in [3.63, 3.8) is 0 Å². The molecule has 8 heterocycles. The van der Waals surface area contributed by atoms with E-state index >= 15 is 0 Å². The number of anilines is 1. The zero-order chi connectivity index (χ0) is 57.9. The first-order valence-electron chi connectivity index (χ1n) is 25.7. The molecule has 7 N–H and O–H groups in total. The van der Waals surface area contributed by atoms with Crippen LogP contribution in [0.4, 0.5) is 5.82 Å². The lowest BCUT2D eigenvalue weighted by Gasteiger charge is -2.31. The molecular weight excluding hydrogens is 1170 g/mol. The van der Waals surface area contributed by atoms with Crippen LogP contribution in [0.3, 0.4) is 0 Å². The van der Waals surface area contributed by atoms with Crippen molar-refractivity contribution in [2.75, 3.05) is 26.0 Å². The number of hydrogen-bond acceptors (Lipinski definition) is 22. The molecule has 1 saturated carbocycles. The Kier molecular flexibility index (Phi) is 17.6. The maximum absolute atomic E-state index is 14.3. The minimum Gasteiger partial charge on any atom is -0.481 e. The predicted octanol–water partition coefficient (Wildman–Crippen LogP) is 8.25. The smallest absolute Gasteiger partial charge is 0.307 e. The van der Waals surface area contributed by atoms with Gasteiger partial charge < -0.3 is 41.5 Å². The third-order valence-electron chi connectivity index (χ3n) is 13.8. The molecule has 28 heteroatoms. The van der Waals surface area contributed by atoms with Crippen LogP contribution in [-0.2, 0) is 30.5 Å². The average molecular weight is 1220 g/mol. The number of ether oxygens (including phenoxy) is 1. The van der Waals surface area contributed by atoms with Crippen LogP contribution in [0.15, 0.2) is 64.0 Å². The summed E-state index contributed by atoms with van der Waals surface area (Å²) in [5, 5.41) is 44.5. The highest BCUT2D eigenvalue weighted by Crippen LogP contribution is 2.41. The number of ketones is 1. The summed E-state index contributed by atoms with van der Waals surface area (Å²) in [6.07, 6.45) is -0.649. The van der Waals surface area contributed by atoms with Crippen LogP contribution in [-0.4, -0.2) is 107 Å². The summed E-state index contributed by atoms with van der Waals surface area (Å²) in [7, 11) is 2.96. The molecule has 2 aliphatic rings. The summed E-state index contributed by atoms with van der Waals surface area (Å²) in [4.78, 5) is 129. The number of methoxy groups -OCH3 is 1. The van der Waals surface area contributed by atoms with Crippen molar-refractivity contribution in [1.82, 2.24) is 56.2 Å². The van der Waals surface area contributed by atoms with E-state index in [1.54, 1.807) is 70.9 Å². The Bertz CT molecular complexity index is 3740. The minimum atomic E-state index is -1.28. The van der Waals surface area contributed by atoms with Crippen LogP contribution in [0.1, 0.15) is 125 Å². The molecule has 1 aliphatic heterocycles. The number of aliphatic hydroxyl groups is 1. The van der Waals surface area contributed by atoms with Gasteiger partial charge in [-0.1, -0.05) is 44.2 Å². The monoisotopic (exact) mass is 1220 g/mol. The van der Waals surface area contributed by atoms with Crippen LogP contribution in [0.25, 0.3) is 43.4 Å². The number of nitrogens with zero attached hydrogens (tertiary/aromatic N) is 7. The number of Topliss-reactive ketones (excluding diaryl/α,β-unsaturated/α-hetero) is 1. The van der Waals surface area contributed by atoms with Gasteiger partial charge in [0.1, 0.15) is 77.2 Å². The fourth-order valence-electron chi connectivity index (χ4n) is 9.22. The number of carbonyl (C=O) groups excluding carboxylic acids is 6. The summed E-state index contributed by atoms with van der Waals surface area (Å²) in [5.41, 5.74) is 2.80. The minimum absolute atomic E-state index is 0.0266. The van der Waals surface area contributed by atoms with Crippen LogP contribution in [0.2, 0.25) is 0 Å². The fraction of sp³-hybridized carbons (Fsp3) is 0.333. The Balaban J connectivity index is 1.04. The number of amides is 5. The number of benzene rings is 1. The van der Waals surface area contributed by atoms with Gasteiger partial charge in [-0.25, -0.2) is 34.9 Å². The Hall–Kier alpha value is -7.44. The Morgan fingerprint density at radius 1 is 0.732 bits per heavy atom. The average Bonchev–Trinajstić information content (AvgIpc) is 4.45. The topological polar surface area (TPSA) is 320 Å². The number of aryl methyl sites for hydroxylation is 1. The summed E-state index contributed by atoms with van der Waals surface area (Å²) >= 11 is 7.23. The summed E-state index contributed by atoms with van der Waals surface area (Å²) in [6.45, 7) is 5.15. The van der Waals surface area contributed by atoms with Crippen molar-refractivity contribution in [3.05, 3.63) is 111 Å². The maximum Gasteiger partial charge on any atom is 0.307 e. The number of pyridine rings is 1. The van der Waals surface area contributed by atoms with Gasteiger partial charge >= 0.3 is 5.97 Å². The lowest BCUT2D eigenvalue weighted by molar-refractivity contribution is -0.151. The molecule has 0 spiro atoms. The number of fused-ring (bicyclic) bond motifs is 14. The van der Waals surface area contributed by atoms with Gasteiger partial charge in [0, 0.05) is 58.5 Å². The van der Waals surface area contributed by atoms with Gasteiger partial charge in [0.15, 0.2) is 5.78 Å². The van der Waals surface area contributed by atoms with E-state index in [-0.39, 0.29) is 60.0 Å². The van der Waals surface area contributed by atoms with E-state index in [0.29, 0.717) is 86.5 Å². The van der Waals surface area contributed by atoms with E-state index in [0.717, 1.165) is 0 Å². The molecule has 5 amide bonds. The van der Waals surface area contributed by atoms with Gasteiger partial charge in [-0.2, -0.15) is 0 Å². The molecular formula is C54H52N12O10S6. The first-order chi connectivity index (χ1) is 39.5. The lowest BCUT2D eigenvalue weighted by Crippen LogP contribution is -2.41. The van der Waals surface area contributed by atoms with Gasteiger partial charge in [0.25, 0.3) is 11.8 Å². The Labute approximate surface area is 492 Å². The lowest BCUT2D eigenvalue weighted by atomic mass is 9.73. The second-order valence-corrected chi connectivity index (χ2v) is 25.4. The van der Waals surface area contributed by atoms with Crippen LogP contribution >= 0.6 is 68.0 Å². The second kappa shape index (κ2) is 25.0. The number of hydrogen-bond donors (Lipinski definition) is 7. The number of aliphatic carboxylic acids is 1. The summed E-state index contributed by atoms with van der Waals surface area (Å²) < 4.78 is 5.46. The van der Waals surface area contributed by atoms with E-state index in [1.165, 1.54) is 82.2 Å². The highest BCUT2D eigenvalue weighted by Gasteiger charge is 2.42. The van der Waals surface area contributed by atoms with Crippen LogP contribution in [0.5, 0.6) is 0 Å². The first kappa shape index (κ1) is 57.8. The van der Waals surface area contributed by atoms with Gasteiger partial charge in [-0.15, -0.1) is 68.0 Å². The first-order valence-corrected chi connectivity index (χ1v) is 30.8. The molecule has 22 nitrogen and oxygen atoms in total. The van der Waals surface area contributed by atoms with Crippen molar-refractivity contribution in [3.8, 4) is 43.4 Å². The molecule has 10 rings (SSSR count). The molecule has 1 aromatic carbocycles. The molecule has 0 radical (unpaired) electrons. The third-order valence-corrected chi connectivity index (χ3v) is 19.6. The standard InChI is InChI=1S/C54H52N12O10S6/c1-23(2)29-15-35(67)40-24(3)81-52(65-40)31(16-38(68)55-4)58-46(72)33-20-77-48(60-33)28-13-14-30(50-63-37(22-80-50)62-45(71)26-11-12-27(26)54(74)75)57-41(28)32-19-78-51(59-32)34-21-79-53(61-34)43(44(70)25-9-7-6-8-10-25)64-39(69)17-56-47(73)42-36(18-76-5)82-49(29)66-42/h6-10,13-14,19-23,26-27,29,31,43-44,70H,11-12,15-18H2,1-5H3,(H,55,68)(H,56,73)(H,58,72)(H,62,71)(H,64,69)(H,74,75)/t26?,27-,29-,31+,43+,44+/m1/s1. The molecule has 1 unspecified atom stereocenters. The number of carbonyl (C=O) groups is 7. The van der Waals surface area contributed by atoms with E-state index in [4.69, 9.17) is 34.6 Å². The third kappa shape index (κ3) is 12.5. The van der Waals surface area contributed by atoms with E-state index in [1.807, 2.05) is 13.8 Å². The molecule has 8 aromatic rings. The summed E-state index contributed by atoms with van der Waals surface area (Å²) in [5.74, 6) is -5.86. The van der Waals surface area contributed by atoms with E-state index in [9.17, 15) is 43.8 Å². The van der Waals surface area contributed by atoms with Crippen molar-refractivity contribution in [2.45, 2.75) is 77.2 Å². The molecule has 0 saturated heterocycles. The number of aliphatic hydroxyl groups excluding tert-OH is 1. The maximum atomic E-state index is 14.3. The van der Waals surface area contributed by atoms with Crippen molar-refractivity contribution < 1.29 is 48.5 Å².